The maximum atomic E-state index is 14.7. The van der Waals surface area contributed by atoms with Crippen molar-refractivity contribution in [3.8, 4) is 23.0 Å². The van der Waals surface area contributed by atoms with Crippen molar-refractivity contribution in [3.63, 3.8) is 0 Å². The van der Waals surface area contributed by atoms with Gasteiger partial charge in [-0.15, -0.1) is 0 Å². The summed E-state index contributed by atoms with van der Waals surface area (Å²) in [4.78, 5) is 25.0. The summed E-state index contributed by atoms with van der Waals surface area (Å²) in [6.07, 6.45) is 5.43. The maximum absolute atomic E-state index is 14.7. The molecule has 0 atom stereocenters. The standard InChI is InChI=1S/C28H34FN5O5/c1-33(28(35)39-25-19-21(36-2)9-11-24(25)37-3)26-12-13-30-27(32-26)31-20-8-10-23(22(29)18-20)38-17-7-16-34-14-5-4-6-15-34/h8-13,18-19H,4-7,14-17H2,1-3H3,(H,30,31,32). The van der Waals surface area contributed by atoms with Crippen LogP contribution in [-0.2, 0) is 0 Å². The monoisotopic (exact) mass is 539 g/mol. The minimum absolute atomic E-state index is 0.181. The highest BCUT2D eigenvalue weighted by Gasteiger charge is 2.19. The lowest BCUT2D eigenvalue weighted by Crippen LogP contribution is -2.31. The van der Waals surface area contributed by atoms with Crippen molar-refractivity contribution >= 4 is 23.5 Å². The Labute approximate surface area is 227 Å². The van der Waals surface area contributed by atoms with E-state index in [9.17, 15) is 9.18 Å². The van der Waals surface area contributed by atoms with E-state index in [1.165, 1.54) is 57.7 Å². The van der Waals surface area contributed by atoms with Crippen molar-refractivity contribution in [2.75, 3.05) is 57.7 Å². The fourth-order valence-corrected chi connectivity index (χ4v) is 4.19. The molecule has 208 valence electrons. The fourth-order valence-electron chi connectivity index (χ4n) is 4.19. The van der Waals surface area contributed by atoms with Gasteiger partial charge < -0.3 is 29.2 Å². The molecule has 1 aromatic heterocycles. The second-order valence-electron chi connectivity index (χ2n) is 9.06. The predicted octanol–water partition coefficient (Wildman–Crippen LogP) is 5.27. The van der Waals surface area contributed by atoms with Crippen LogP contribution in [0, 0.1) is 5.82 Å². The lowest BCUT2D eigenvalue weighted by atomic mass is 10.1. The Morgan fingerprint density at radius 3 is 2.56 bits per heavy atom. The third-order valence-corrected chi connectivity index (χ3v) is 6.34. The van der Waals surface area contributed by atoms with Crippen LogP contribution in [-0.4, -0.2) is 68.5 Å². The number of carbonyl (C=O) groups is 1. The molecule has 0 bridgehead atoms. The van der Waals surface area contributed by atoms with Gasteiger partial charge in [0.2, 0.25) is 5.95 Å². The fraction of sp³-hybridized carbons (Fsp3) is 0.393. The van der Waals surface area contributed by atoms with Crippen LogP contribution in [0.4, 0.5) is 26.6 Å². The number of hydrogen-bond donors (Lipinski definition) is 1. The number of piperidine rings is 1. The highest BCUT2D eigenvalue weighted by Crippen LogP contribution is 2.32. The average Bonchev–Trinajstić information content (AvgIpc) is 2.96. The van der Waals surface area contributed by atoms with Crippen LogP contribution < -0.4 is 29.2 Å². The predicted molar refractivity (Wildman–Crippen MR) is 146 cm³/mol. The zero-order valence-electron chi connectivity index (χ0n) is 22.5. The lowest BCUT2D eigenvalue weighted by Gasteiger charge is -2.26. The van der Waals surface area contributed by atoms with Crippen LogP contribution in [0.3, 0.4) is 0 Å². The molecule has 0 unspecified atom stereocenters. The molecule has 1 amide bonds. The van der Waals surface area contributed by atoms with Gasteiger partial charge in [0.15, 0.2) is 23.1 Å². The van der Waals surface area contributed by atoms with Gasteiger partial charge in [-0.1, -0.05) is 6.42 Å². The van der Waals surface area contributed by atoms with Crippen molar-refractivity contribution in [2.24, 2.45) is 0 Å². The average molecular weight is 540 g/mol. The Hall–Kier alpha value is -4.12. The quantitative estimate of drug-likeness (QED) is 0.327. The van der Waals surface area contributed by atoms with Gasteiger partial charge in [-0.05, 0) is 62.7 Å². The molecule has 1 aliphatic rings. The molecule has 3 aromatic rings. The number of likely N-dealkylation sites (tertiary alicyclic amines) is 1. The van der Waals surface area contributed by atoms with Crippen molar-refractivity contribution in [3.05, 3.63) is 54.5 Å². The number of methoxy groups -OCH3 is 2. The number of amides is 1. The first-order valence-corrected chi connectivity index (χ1v) is 12.9. The van der Waals surface area contributed by atoms with Gasteiger partial charge in [-0.25, -0.2) is 14.2 Å². The first-order valence-electron chi connectivity index (χ1n) is 12.9. The summed E-state index contributed by atoms with van der Waals surface area (Å²) in [5.41, 5.74) is 0.441. The van der Waals surface area contributed by atoms with E-state index < -0.39 is 11.9 Å². The number of anilines is 3. The van der Waals surface area contributed by atoms with E-state index in [1.54, 1.807) is 36.4 Å². The van der Waals surface area contributed by atoms with E-state index in [1.807, 2.05) is 0 Å². The van der Waals surface area contributed by atoms with Gasteiger partial charge in [0, 0.05) is 37.6 Å². The van der Waals surface area contributed by atoms with E-state index in [2.05, 4.69) is 20.2 Å². The van der Waals surface area contributed by atoms with Crippen LogP contribution >= 0.6 is 0 Å². The molecule has 39 heavy (non-hydrogen) atoms. The molecule has 0 saturated carbocycles. The van der Waals surface area contributed by atoms with Gasteiger partial charge in [-0.3, -0.25) is 4.90 Å². The van der Waals surface area contributed by atoms with Crippen LogP contribution in [0.5, 0.6) is 23.0 Å². The number of carbonyl (C=O) groups excluding carboxylic acids is 1. The zero-order valence-corrected chi connectivity index (χ0v) is 22.5. The molecule has 2 aromatic carbocycles. The summed E-state index contributed by atoms with van der Waals surface area (Å²) in [5, 5.41) is 2.96. The van der Waals surface area contributed by atoms with Gasteiger partial charge in [0.05, 0.1) is 20.8 Å². The topological polar surface area (TPSA) is 98.3 Å². The van der Waals surface area contributed by atoms with E-state index >= 15 is 0 Å². The molecule has 0 aliphatic carbocycles. The molecule has 0 radical (unpaired) electrons. The second-order valence-corrected chi connectivity index (χ2v) is 9.06. The van der Waals surface area contributed by atoms with Gasteiger partial charge in [0.1, 0.15) is 11.6 Å². The van der Waals surface area contributed by atoms with Gasteiger partial charge >= 0.3 is 6.09 Å². The van der Waals surface area contributed by atoms with Gasteiger partial charge in [-0.2, -0.15) is 4.98 Å². The number of hydrogen-bond acceptors (Lipinski definition) is 9. The molecule has 11 heteroatoms. The Morgan fingerprint density at radius 2 is 1.82 bits per heavy atom. The summed E-state index contributed by atoms with van der Waals surface area (Å²) in [5.74, 6) is 1.25. The lowest BCUT2D eigenvalue weighted by molar-refractivity contribution is 0.203. The van der Waals surface area contributed by atoms with Crippen LogP contribution in [0.1, 0.15) is 25.7 Å². The van der Waals surface area contributed by atoms with Gasteiger partial charge in [0.25, 0.3) is 0 Å². The Kier molecular flexibility index (Phi) is 9.74. The van der Waals surface area contributed by atoms with Crippen LogP contribution in [0.15, 0.2) is 48.7 Å². The van der Waals surface area contributed by atoms with Crippen molar-refractivity contribution in [2.45, 2.75) is 25.7 Å². The van der Waals surface area contributed by atoms with E-state index in [0.29, 0.717) is 23.8 Å². The Bertz CT molecular complexity index is 1250. The minimum atomic E-state index is -0.695. The summed E-state index contributed by atoms with van der Waals surface area (Å²) in [6, 6.07) is 11.0. The molecular weight excluding hydrogens is 505 g/mol. The second kappa shape index (κ2) is 13.6. The number of nitrogens with zero attached hydrogens (tertiary/aromatic N) is 4. The number of ether oxygens (including phenoxy) is 4. The number of aromatic nitrogens is 2. The third-order valence-electron chi connectivity index (χ3n) is 6.34. The first-order chi connectivity index (χ1) is 19.0. The number of nitrogens with one attached hydrogen (secondary N) is 1. The first kappa shape index (κ1) is 27.9. The van der Waals surface area contributed by atoms with E-state index in [0.717, 1.165) is 26.1 Å². The van der Waals surface area contributed by atoms with Crippen LogP contribution in [0.2, 0.25) is 0 Å². The Balaban J connectivity index is 1.33. The van der Waals surface area contributed by atoms with Crippen molar-refractivity contribution in [1.82, 2.24) is 14.9 Å². The SMILES string of the molecule is COc1ccc(OC)c(OC(=O)N(C)c2ccnc(Nc3ccc(OCCCN4CCCCC4)c(F)c3)n2)c1. The highest BCUT2D eigenvalue weighted by atomic mass is 19.1. The Morgan fingerprint density at radius 1 is 1.03 bits per heavy atom. The summed E-state index contributed by atoms with van der Waals surface area (Å²) < 4.78 is 36.3. The maximum Gasteiger partial charge on any atom is 0.420 e. The largest absolute Gasteiger partial charge is 0.497 e. The zero-order chi connectivity index (χ0) is 27.6. The summed E-state index contributed by atoms with van der Waals surface area (Å²) >= 11 is 0. The summed E-state index contributed by atoms with van der Waals surface area (Å²) in [7, 11) is 4.50. The molecule has 1 N–H and O–H groups in total. The van der Waals surface area contributed by atoms with Crippen molar-refractivity contribution in [1.29, 1.82) is 0 Å². The third kappa shape index (κ3) is 7.70. The molecule has 1 fully saturated rings. The minimum Gasteiger partial charge on any atom is -0.497 e. The molecule has 1 aliphatic heterocycles. The molecule has 2 heterocycles. The summed E-state index contributed by atoms with van der Waals surface area (Å²) in [6.45, 7) is 3.68. The number of rotatable bonds is 11. The molecule has 1 saturated heterocycles. The van der Waals surface area contributed by atoms with E-state index in [4.69, 9.17) is 18.9 Å². The smallest absolute Gasteiger partial charge is 0.420 e. The van der Waals surface area contributed by atoms with E-state index in [-0.39, 0.29) is 23.3 Å². The normalized spacial score (nSPS) is 13.4. The molecule has 0 spiro atoms. The number of benzene rings is 2. The molecule has 10 nitrogen and oxygen atoms in total. The number of halogens is 1. The molecule has 4 rings (SSSR count). The van der Waals surface area contributed by atoms with Crippen LogP contribution in [0.25, 0.3) is 0 Å². The molecular formula is C28H34FN5O5. The van der Waals surface area contributed by atoms with Crippen molar-refractivity contribution < 1.29 is 28.1 Å². The highest BCUT2D eigenvalue weighted by molar-refractivity contribution is 5.88.